The molecule has 1 aliphatic heterocycles. The van der Waals surface area contributed by atoms with Crippen LogP contribution in [-0.4, -0.2) is 80.3 Å². The lowest BCUT2D eigenvalue weighted by molar-refractivity contribution is -0.150. The van der Waals surface area contributed by atoms with Crippen molar-refractivity contribution < 1.29 is 33.3 Å². The minimum Gasteiger partial charge on any atom is -0.466 e. The number of nitrogens with one attached hydrogen (secondary N) is 1. The van der Waals surface area contributed by atoms with Crippen LogP contribution in [0.15, 0.2) is 21.9 Å². The van der Waals surface area contributed by atoms with Gasteiger partial charge in [-0.25, -0.2) is 4.79 Å². The predicted octanol–water partition coefficient (Wildman–Crippen LogP) is 1.17. The van der Waals surface area contributed by atoms with Crippen molar-refractivity contribution in [3.05, 3.63) is 33.1 Å². The number of rotatable bonds is 11. The van der Waals surface area contributed by atoms with Crippen LogP contribution >= 0.6 is 0 Å². The van der Waals surface area contributed by atoms with E-state index in [-0.39, 0.29) is 31.3 Å². The molecule has 1 saturated heterocycles. The molecule has 1 aliphatic rings. The fourth-order valence-electron chi connectivity index (χ4n) is 3.43. The second-order valence-corrected chi connectivity index (χ2v) is 14.5. The van der Waals surface area contributed by atoms with Crippen LogP contribution in [0, 0.1) is 0 Å². The summed E-state index contributed by atoms with van der Waals surface area (Å²) in [5.74, 6) is -0.578. The highest BCUT2D eigenvalue weighted by Gasteiger charge is 2.53. The number of methoxy groups -OCH3 is 1. The van der Waals surface area contributed by atoms with Crippen LogP contribution in [-0.2, 0) is 28.2 Å². The number of H-pyrrole nitrogens is 1. The fourth-order valence-corrected chi connectivity index (χ4v) is 4.73. The van der Waals surface area contributed by atoms with E-state index in [0.717, 1.165) is 0 Å². The zero-order chi connectivity index (χ0) is 25.7. The summed E-state index contributed by atoms with van der Waals surface area (Å²) < 4.78 is 30.1. The Morgan fingerprint density at radius 3 is 2.50 bits per heavy atom. The Morgan fingerprint density at radius 2 is 1.94 bits per heavy atom. The summed E-state index contributed by atoms with van der Waals surface area (Å²) >= 11 is 0. The number of esters is 1. The number of nitrogens with zero attached hydrogens (tertiary/aromatic N) is 1. The quantitative estimate of drug-likeness (QED) is 0.259. The van der Waals surface area contributed by atoms with Crippen LogP contribution in [0.4, 0.5) is 0 Å². The molecule has 2 rings (SSSR count). The van der Waals surface area contributed by atoms with Crippen LogP contribution in [0.2, 0.25) is 18.1 Å². The monoisotopic (exact) mass is 502 g/mol. The summed E-state index contributed by atoms with van der Waals surface area (Å²) in [6.07, 6.45) is -3.91. The van der Waals surface area contributed by atoms with Crippen molar-refractivity contribution in [3.8, 4) is 0 Å². The molecule has 11 nitrogen and oxygen atoms in total. The van der Waals surface area contributed by atoms with Crippen molar-refractivity contribution in [3.63, 3.8) is 0 Å². The van der Waals surface area contributed by atoms with Gasteiger partial charge in [0.05, 0.1) is 32.3 Å². The molecule has 12 heteroatoms. The third-order valence-electron chi connectivity index (χ3n) is 6.25. The van der Waals surface area contributed by atoms with E-state index >= 15 is 0 Å². The van der Waals surface area contributed by atoms with Gasteiger partial charge in [-0.3, -0.25) is 19.1 Å². The standard InChI is InChI=1S/C22H38N2O9Si/c1-8-30-16(27)13-14(25)17-18(33-34(6,7)22(2,3)4)19(31-12-11-29-5)20(32-17)24-10-9-15(26)23-21(24)28/h9-10,14,17-20,25H,8,11-13H2,1-7H3,(H,23,26,28)/t14?,17-,18-,19-,20-/m1/s1. The fraction of sp³-hybridized carbons (Fsp3) is 0.773. The van der Waals surface area contributed by atoms with Gasteiger partial charge in [-0.1, -0.05) is 20.8 Å². The molecule has 0 bridgehead atoms. The molecular formula is C22H38N2O9Si. The van der Waals surface area contributed by atoms with Gasteiger partial charge in [-0.05, 0) is 25.1 Å². The molecule has 0 saturated carbocycles. The van der Waals surface area contributed by atoms with E-state index in [1.807, 2.05) is 13.1 Å². The van der Waals surface area contributed by atoms with Crippen molar-refractivity contribution in [1.29, 1.82) is 0 Å². The summed E-state index contributed by atoms with van der Waals surface area (Å²) in [4.78, 5) is 38.5. The van der Waals surface area contributed by atoms with Crippen LogP contribution < -0.4 is 11.2 Å². The van der Waals surface area contributed by atoms with E-state index in [2.05, 4.69) is 25.8 Å². The first kappa shape index (κ1) is 28.4. The van der Waals surface area contributed by atoms with Gasteiger partial charge in [0.1, 0.15) is 18.3 Å². The number of aromatic amines is 1. The number of hydrogen-bond acceptors (Lipinski definition) is 9. The van der Waals surface area contributed by atoms with E-state index in [1.165, 1.54) is 23.9 Å². The number of carbonyl (C=O) groups is 1. The van der Waals surface area contributed by atoms with Crippen LogP contribution in [0.1, 0.15) is 40.3 Å². The molecule has 0 spiro atoms. The first-order valence-corrected chi connectivity index (χ1v) is 14.3. The van der Waals surface area contributed by atoms with E-state index in [4.69, 9.17) is 23.4 Å². The largest absolute Gasteiger partial charge is 0.466 e. The first-order valence-electron chi connectivity index (χ1n) is 11.4. The van der Waals surface area contributed by atoms with Gasteiger partial charge < -0.3 is 28.5 Å². The molecule has 5 atom stereocenters. The number of aliphatic hydroxyl groups is 1. The Kier molecular flexibility index (Phi) is 9.80. The van der Waals surface area contributed by atoms with Crippen LogP contribution in [0.5, 0.6) is 0 Å². The second-order valence-electron chi connectivity index (χ2n) is 9.76. The lowest BCUT2D eigenvalue weighted by atomic mass is 10.0. The molecule has 2 N–H and O–H groups in total. The highest BCUT2D eigenvalue weighted by Crippen LogP contribution is 2.42. The molecule has 2 heterocycles. The van der Waals surface area contributed by atoms with Crippen LogP contribution in [0.25, 0.3) is 0 Å². The molecule has 0 aromatic carbocycles. The summed E-state index contributed by atoms with van der Waals surface area (Å²) in [7, 11) is -0.883. The van der Waals surface area contributed by atoms with Gasteiger partial charge >= 0.3 is 11.7 Å². The smallest absolute Gasteiger partial charge is 0.330 e. The van der Waals surface area contributed by atoms with Crippen molar-refractivity contribution in [2.75, 3.05) is 26.9 Å². The Labute approximate surface area is 200 Å². The van der Waals surface area contributed by atoms with E-state index in [0.29, 0.717) is 0 Å². The van der Waals surface area contributed by atoms with Crippen molar-refractivity contribution in [2.45, 2.75) is 82.9 Å². The summed E-state index contributed by atoms with van der Waals surface area (Å²) in [5.41, 5.74) is -1.24. The molecule has 34 heavy (non-hydrogen) atoms. The molecular weight excluding hydrogens is 464 g/mol. The maximum absolute atomic E-state index is 12.6. The topological polar surface area (TPSA) is 138 Å². The maximum atomic E-state index is 12.6. The zero-order valence-electron chi connectivity index (χ0n) is 21.0. The van der Waals surface area contributed by atoms with Gasteiger partial charge in [0.15, 0.2) is 14.5 Å². The van der Waals surface area contributed by atoms with E-state index in [1.54, 1.807) is 6.92 Å². The van der Waals surface area contributed by atoms with Gasteiger partial charge in [0.25, 0.3) is 5.56 Å². The van der Waals surface area contributed by atoms with Crippen molar-refractivity contribution >= 4 is 14.3 Å². The second kappa shape index (κ2) is 11.7. The predicted molar refractivity (Wildman–Crippen MR) is 126 cm³/mol. The summed E-state index contributed by atoms with van der Waals surface area (Å²) in [5, 5.41) is 10.8. The average Bonchev–Trinajstić information content (AvgIpc) is 3.05. The average molecular weight is 503 g/mol. The van der Waals surface area contributed by atoms with Gasteiger partial charge in [-0.2, -0.15) is 0 Å². The van der Waals surface area contributed by atoms with E-state index < -0.39 is 56.2 Å². The van der Waals surface area contributed by atoms with Crippen LogP contribution in [0.3, 0.4) is 0 Å². The van der Waals surface area contributed by atoms with Gasteiger partial charge in [0.2, 0.25) is 0 Å². The Morgan fingerprint density at radius 1 is 1.26 bits per heavy atom. The maximum Gasteiger partial charge on any atom is 0.330 e. The Balaban J connectivity index is 2.50. The normalized spacial score (nSPS) is 24.2. The molecule has 1 aromatic rings. The Bertz CT molecular complexity index is 924. The Hall–Kier alpha value is -1.83. The lowest BCUT2D eigenvalue weighted by Gasteiger charge is -2.41. The third-order valence-corrected chi connectivity index (χ3v) is 10.7. The first-order chi connectivity index (χ1) is 15.8. The third kappa shape index (κ3) is 6.86. The van der Waals surface area contributed by atoms with Crippen molar-refractivity contribution in [2.24, 2.45) is 0 Å². The van der Waals surface area contributed by atoms with Gasteiger partial charge in [-0.15, -0.1) is 0 Å². The SMILES string of the molecule is CCOC(=O)CC(O)[C@H]1O[C@@H](n2ccc(=O)[nH]c2=O)[C@H](OCCOC)[C@@H]1O[Si](C)(C)C(C)(C)C. The molecule has 1 aromatic heterocycles. The lowest BCUT2D eigenvalue weighted by Crippen LogP contribution is -2.52. The summed E-state index contributed by atoms with van der Waals surface area (Å²) in [6, 6.07) is 1.20. The molecule has 194 valence electrons. The summed E-state index contributed by atoms with van der Waals surface area (Å²) in [6.45, 7) is 12.6. The molecule has 1 unspecified atom stereocenters. The minimum atomic E-state index is -2.42. The number of aliphatic hydroxyl groups excluding tert-OH is 1. The number of aromatic nitrogens is 2. The number of carbonyl (C=O) groups excluding carboxylic acids is 1. The molecule has 0 radical (unpaired) electrons. The number of ether oxygens (including phenoxy) is 4. The van der Waals surface area contributed by atoms with E-state index in [9.17, 15) is 19.5 Å². The molecule has 0 amide bonds. The molecule has 1 fully saturated rings. The number of hydrogen-bond donors (Lipinski definition) is 2. The molecule has 0 aliphatic carbocycles. The highest BCUT2D eigenvalue weighted by molar-refractivity contribution is 6.74. The minimum absolute atomic E-state index is 0.173. The van der Waals surface area contributed by atoms with Crippen molar-refractivity contribution in [1.82, 2.24) is 9.55 Å². The zero-order valence-corrected chi connectivity index (χ0v) is 22.0. The van der Waals surface area contributed by atoms with Gasteiger partial charge in [0, 0.05) is 19.4 Å². The highest BCUT2D eigenvalue weighted by atomic mass is 28.4.